The van der Waals surface area contributed by atoms with Crippen molar-refractivity contribution in [3.63, 3.8) is 0 Å². The van der Waals surface area contributed by atoms with Crippen molar-refractivity contribution in [2.75, 3.05) is 18.4 Å². The number of nitrogens with one attached hydrogen (secondary N) is 1. The Morgan fingerprint density at radius 1 is 1.20 bits per heavy atom. The first-order valence-corrected chi connectivity index (χ1v) is 10.2. The fraction of sp³-hybridized carbons (Fsp3) is 0.292. The average molecular weight is 405 g/mol. The Kier molecular flexibility index (Phi) is 5.74. The van der Waals surface area contributed by atoms with E-state index >= 15 is 0 Å². The maximum absolute atomic E-state index is 13.7. The van der Waals surface area contributed by atoms with E-state index in [0.717, 1.165) is 34.2 Å². The lowest BCUT2D eigenvalue weighted by Crippen LogP contribution is -2.30. The van der Waals surface area contributed by atoms with E-state index in [1.807, 2.05) is 17.9 Å². The highest BCUT2D eigenvalue weighted by molar-refractivity contribution is 5.94. The molecule has 2 amide bonds. The number of benzene rings is 1. The van der Waals surface area contributed by atoms with E-state index in [-0.39, 0.29) is 17.6 Å². The number of carbonyl (C=O) groups is 2. The average Bonchev–Trinajstić information content (AvgIpc) is 3.00. The Hall–Kier alpha value is -3.28. The van der Waals surface area contributed by atoms with Crippen LogP contribution in [-0.2, 0) is 16.0 Å². The Morgan fingerprint density at radius 3 is 2.93 bits per heavy atom. The van der Waals surface area contributed by atoms with Gasteiger partial charge in [0.2, 0.25) is 11.8 Å². The quantitative estimate of drug-likeness (QED) is 0.781. The van der Waals surface area contributed by atoms with Crippen LogP contribution in [0.4, 0.5) is 10.2 Å². The van der Waals surface area contributed by atoms with Crippen molar-refractivity contribution < 1.29 is 14.0 Å². The summed E-state index contributed by atoms with van der Waals surface area (Å²) < 4.78 is 13.7. The van der Waals surface area contributed by atoms with E-state index in [4.69, 9.17) is 0 Å². The fourth-order valence-corrected chi connectivity index (χ4v) is 3.91. The van der Waals surface area contributed by atoms with Crippen LogP contribution in [0, 0.1) is 12.7 Å². The normalized spacial score (nSPS) is 16.7. The lowest BCUT2D eigenvalue weighted by Gasteiger charge is -2.19. The lowest BCUT2D eigenvalue weighted by molar-refractivity contribution is -0.125. The maximum atomic E-state index is 13.7. The molecule has 0 saturated carbocycles. The molecule has 0 aliphatic carbocycles. The Morgan fingerprint density at radius 2 is 2.07 bits per heavy atom. The van der Waals surface area contributed by atoms with Gasteiger partial charge in [-0.05, 0) is 78.3 Å². The second-order valence-electron chi connectivity index (χ2n) is 7.71. The van der Waals surface area contributed by atoms with Crippen LogP contribution in [0.25, 0.3) is 11.6 Å². The van der Waals surface area contributed by atoms with Crippen molar-refractivity contribution in [2.24, 2.45) is 0 Å². The van der Waals surface area contributed by atoms with Gasteiger partial charge in [-0.25, -0.2) is 9.37 Å². The van der Waals surface area contributed by atoms with Gasteiger partial charge in [0.25, 0.3) is 0 Å². The van der Waals surface area contributed by atoms with Crippen molar-refractivity contribution in [3.8, 4) is 0 Å². The van der Waals surface area contributed by atoms with Crippen LogP contribution in [-0.4, -0.2) is 34.8 Å². The minimum atomic E-state index is -0.241. The summed E-state index contributed by atoms with van der Waals surface area (Å²) in [5.41, 5.74) is 4.87. The molecule has 2 aromatic rings. The highest BCUT2D eigenvalue weighted by atomic mass is 19.1. The number of nitrogens with zero attached hydrogens (tertiary/aromatic N) is 2. The van der Waals surface area contributed by atoms with Gasteiger partial charge >= 0.3 is 0 Å². The molecular weight excluding hydrogens is 381 g/mol. The van der Waals surface area contributed by atoms with Crippen LogP contribution in [0.5, 0.6) is 0 Å². The van der Waals surface area contributed by atoms with Crippen LogP contribution in [0.3, 0.4) is 0 Å². The molecule has 0 atom stereocenters. The Labute approximate surface area is 175 Å². The largest absolute Gasteiger partial charge is 0.339 e. The molecule has 5 nitrogen and oxygen atoms in total. The van der Waals surface area contributed by atoms with Gasteiger partial charge in [0.15, 0.2) is 0 Å². The van der Waals surface area contributed by atoms with Crippen molar-refractivity contribution in [1.82, 2.24) is 9.88 Å². The third kappa shape index (κ3) is 4.48. The molecule has 2 aliphatic rings. The van der Waals surface area contributed by atoms with Crippen molar-refractivity contribution in [1.29, 1.82) is 0 Å². The molecule has 2 aliphatic heterocycles. The third-order valence-corrected chi connectivity index (χ3v) is 5.58. The highest BCUT2D eigenvalue weighted by Gasteiger charge is 2.17. The summed E-state index contributed by atoms with van der Waals surface area (Å²) in [5.74, 6) is 0.297. The zero-order chi connectivity index (χ0) is 21.1. The first-order valence-electron chi connectivity index (χ1n) is 10.2. The van der Waals surface area contributed by atoms with Gasteiger partial charge in [-0.15, -0.1) is 0 Å². The molecule has 0 fully saturated rings. The molecular formula is C24H24FN3O2. The minimum absolute atomic E-state index is 0.0175. The van der Waals surface area contributed by atoms with Crippen LogP contribution in [0.15, 0.2) is 42.6 Å². The number of halogens is 1. The number of anilines is 1. The number of pyridine rings is 1. The van der Waals surface area contributed by atoms with E-state index in [9.17, 15) is 14.0 Å². The van der Waals surface area contributed by atoms with Gasteiger partial charge in [-0.1, -0.05) is 12.1 Å². The predicted octanol–water partition coefficient (Wildman–Crippen LogP) is 4.13. The van der Waals surface area contributed by atoms with Crippen molar-refractivity contribution >= 4 is 29.3 Å². The lowest BCUT2D eigenvalue weighted by atomic mass is 9.97. The Bertz CT molecular complexity index is 1060. The number of hydrogen-bond acceptors (Lipinski definition) is 3. The number of aryl methyl sites for hydroxylation is 2. The molecule has 1 N–H and O–H groups in total. The number of rotatable bonds is 3. The van der Waals surface area contributed by atoms with E-state index < -0.39 is 0 Å². The first-order chi connectivity index (χ1) is 14.5. The van der Waals surface area contributed by atoms with Crippen LogP contribution in [0.2, 0.25) is 0 Å². The van der Waals surface area contributed by atoms with Crippen LogP contribution >= 0.6 is 0 Å². The number of hydrogen-bond donors (Lipinski definition) is 1. The molecule has 0 bridgehead atoms. The number of carbonyl (C=O) groups excluding carboxylic acids is 2. The fourth-order valence-electron chi connectivity index (χ4n) is 3.91. The monoisotopic (exact) mass is 405 g/mol. The number of amides is 2. The molecule has 30 heavy (non-hydrogen) atoms. The predicted molar refractivity (Wildman–Crippen MR) is 115 cm³/mol. The van der Waals surface area contributed by atoms with E-state index in [1.165, 1.54) is 6.07 Å². The summed E-state index contributed by atoms with van der Waals surface area (Å²) in [6.07, 6.45) is 9.65. The molecule has 1 aromatic heterocycles. The maximum Gasteiger partial charge on any atom is 0.246 e. The molecule has 6 heteroatoms. The summed E-state index contributed by atoms with van der Waals surface area (Å²) in [6, 6.07) is 6.80. The van der Waals surface area contributed by atoms with Gasteiger partial charge in [-0.2, -0.15) is 0 Å². The molecule has 0 unspecified atom stereocenters. The molecule has 3 heterocycles. The topological polar surface area (TPSA) is 62.3 Å². The highest BCUT2D eigenvalue weighted by Crippen LogP contribution is 2.26. The van der Waals surface area contributed by atoms with Gasteiger partial charge in [0.05, 0.1) is 0 Å². The second kappa shape index (κ2) is 8.61. The van der Waals surface area contributed by atoms with E-state index in [2.05, 4.69) is 16.4 Å². The summed E-state index contributed by atoms with van der Waals surface area (Å²) in [5, 5.41) is 2.76. The Balaban J connectivity index is 1.40. The van der Waals surface area contributed by atoms with Crippen LogP contribution in [0.1, 0.15) is 41.5 Å². The van der Waals surface area contributed by atoms with Crippen LogP contribution < -0.4 is 5.32 Å². The molecule has 0 spiro atoms. The third-order valence-electron chi connectivity index (χ3n) is 5.58. The summed E-state index contributed by atoms with van der Waals surface area (Å²) in [6.45, 7) is 3.21. The summed E-state index contributed by atoms with van der Waals surface area (Å²) in [4.78, 5) is 30.2. The van der Waals surface area contributed by atoms with E-state index in [0.29, 0.717) is 38.2 Å². The molecule has 154 valence electrons. The van der Waals surface area contributed by atoms with Crippen molar-refractivity contribution in [3.05, 3.63) is 70.7 Å². The number of fused-ring (bicyclic) bond motifs is 1. The number of aromatic nitrogens is 1. The molecule has 4 rings (SSSR count). The summed E-state index contributed by atoms with van der Waals surface area (Å²) in [7, 11) is 0. The van der Waals surface area contributed by atoms with Gasteiger partial charge < -0.3 is 10.2 Å². The summed E-state index contributed by atoms with van der Waals surface area (Å²) >= 11 is 0. The SMILES string of the molecule is Cc1ccc(F)cc1C1=CCCN(C(=O)/C=C/c2cnc3c(c2)CCC(=O)N3)CC1. The molecule has 0 saturated heterocycles. The minimum Gasteiger partial charge on any atom is -0.339 e. The van der Waals surface area contributed by atoms with E-state index in [1.54, 1.807) is 30.5 Å². The zero-order valence-corrected chi connectivity index (χ0v) is 17.0. The molecule has 1 aromatic carbocycles. The first kappa shape index (κ1) is 20.0. The standard InChI is InChI=1S/C24H24FN3O2/c1-16-4-7-20(25)14-21(16)18-3-2-11-28(12-10-18)23(30)9-5-17-13-19-6-8-22(29)27-24(19)26-15-17/h3-5,7,9,13-15H,2,6,8,10-12H2,1H3,(H,26,27,29)/b9-5+. The van der Waals surface area contributed by atoms with Gasteiger partial charge in [0.1, 0.15) is 11.6 Å². The molecule has 0 radical (unpaired) electrons. The zero-order valence-electron chi connectivity index (χ0n) is 17.0. The smallest absolute Gasteiger partial charge is 0.246 e. The van der Waals surface area contributed by atoms with Gasteiger partial charge in [-0.3, -0.25) is 9.59 Å². The second-order valence-corrected chi connectivity index (χ2v) is 7.71. The van der Waals surface area contributed by atoms with Gasteiger partial charge in [0, 0.05) is 31.8 Å². The van der Waals surface area contributed by atoms with Crippen molar-refractivity contribution in [2.45, 2.75) is 32.6 Å².